The van der Waals surface area contributed by atoms with E-state index in [-0.39, 0.29) is 0 Å². The summed E-state index contributed by atoms with van der Waals surface area (Å²) < 4.78 is 28.9. The zero-order valence-corrected chi connectivity index (χ0v) is 8.33. The Bertz CT molecular complexity index is 309. The van der Waals surface area contributed by atoms with Crippen LogP contribution in [0, 0.1) is 0 Å². The highest BCUT2D eigenvalue weighted by molar-refractivity contribution is 7.85. The number of aliphatic hydroxyl groups is 4. The molecule has 5 N–H and O–H groups in total. The molecule has 9 heteroatoms. The van der Waals surface area contributed by atoms with E-state index in [2.05, 4.69) is 0 Å². The Hall–Kier alpha value is -0.580. The number of hydrogen-bond acceptors (Lipinski definition) is 7. The second-order valence-corrected chi connectivity index (χ2v) is 4.37. The molecule has 0 saturated heterocycles. The van der Waals surface area contributed by atoms with Gasteiger partial charge in [0.1, 0.15) is 24.6 Å². The van der Waals surface area contributed by atoms with Crippen molar-refractivity contribution in [2.75, 3.05) is 12.4 Å². The van der Waals surface area contributed by atoms with Gasteiger partial charge in [-0.15, -0.1) is 0 Å². The minimum Gasteiger partial charge on any atom is -0.389 e. The first-order valence-corrected chi connectivity index (χ1v) is 5.43. The molecule has 90 valence electrons. The predicted octanol–water partition coefficient (Wildman–Crippen LogP) is -3.48. The van der Waals surface area contributed by atoms with Crippen LogP contribution in [-0.2, 0) is 14.9 Å². The largest absolute Gasteiger partial charge is 0.389 e. The maximum Gasteiger partial charge on any atom is 0.267 e. The summed E-state index contributed by atoms with van der Waals surface area (Å²) >= 11 is 0. The summed E-state index contributed by atoms with van der Waals surface area (Å²) in [7, 11) is -4.53. The van der Waals surface area contributed by atoms with Crippen LogP contribution in [0.1, 0.15) is 0 Å². The molecule has 0 aromatic carbocycles. The van der Waals surface area contributed by atoms with Gasteiger partial charge in [0.25, 0.3) is 10.1 Å². The van der Waals surface area contributed by atoms with Crippen LogP contribution in [0.5, 0.6) is 0 Å². The molecule has 3 atom stereocenters. The number of ketones is 1. The van der Waals surface area contributed by atoms with Crippen LogP contribution in [0.2, 0.25) is 0 Å². The quantitative estimate of drug-likeness (QED) is 0.302. The van der Waals surface area contributed by atoms with Gasteiger partial charge in [-0.2, -0.15) is 8.42 Å². The molecule has 0 radical (unpaired) electrons. The molecule has 0 rings (SSSR count). The van der Waals surface area contributed by atoms with Crippen LogP contribution < -0.4 is 0 Å². The van der Waals surface area contributed by atoms with Crippen molar-refractivity contribution in [1.82, 2.24) is 0 Å². The number of Topliss-reactive ketones (excluding diaryl/α,β-unsaturated/α-hetero) is 1. The fourth-order valence-electron chi connectivity index (χ4n) is 0.809. The van der Waals surface area contributed by atoms with E-state index in [1.165, 1.54) is 0 Å². The predicted molar refractivity (Wildman–Crippen MR) is 46.5 cm³/mol. The molecule has 0 aliphatic rings. The average molecular weight is 244 g/mol. The first-order chi connectivity index (χ1) is 6.69. The molecule has 0 aliphatic carbocycles. The Morgan fingerprint density at radius 2 is 1.67 bits per heavy atom. The highest BCUT2D eigenvalue weighted by Crippen LogP contribution is 2.04. The Balaban J connectivity index is 4.44. The monoisotopic (exact) mass is 244 g/mol. The van der Waals surface area contributed by atoms with E-state index in [0.717, 1.165) is 0 Å². The van der Waals surface area contributed by atoms with Crippen molar-refractivity contribution in [3.8, 4) is 0 Å². The van der Waals surface area contributed by atoms with E-state index >= 15 is 0 Å². The van der Waals surface area contributed by atoms with Crippen LogP contribution >= 0.6 is 0 Å². The topological polar surface area (TPSA) is 152 Å². The van der Waals surface area contributed by atoms with Crippen molar-refractivity contribution in [1.29, 1.82) is 0 Å². The third-order valence-electron chi connectivity index (χ3n) is 1.58. The molecule has 0 unspecified atom stereocenters. The van der Waals surface area contributed by atoms with Gasteiger partial charge in [-0.25, -0.2) is 0 Å². The Morgan fingerprint density at radius 3 is 2.00 bits per heavy atom. The molecule has 0 bridgehead atoms. The summed E-state index contributed by atoms with van der Waals surface area (Å²) in [5, 5.41) is 35.3. The molecular formula is C6H12O8S. The summed E-state index contributed by atoms with van der Waals surface area (Å²) in [6.07, 6.45) is -6.22. The second kappa shape index (κ2) is 5.49. The van der Waals surface area contributed by atoms with Crippen molar-refractivity contribution in [2.45, 2.75) is 18.3 Å². The lowest BCUT2D eigenvalue weighted by Gasteiger charge is -2.20. The Morgan fingerprint density at radius 1 is 1.20 bits per heavy atom. The summed E-state index contributed by atoms with van der Waals surface area (Å²) in [6, 6.07) is 0. The van der Waals surface area contributed by atoms with E-state index < -0.39 is 46.6 Å². The molecule has 0 saturated carbocycles. The lowest BCUT2D eigenvalue weighted by atomic mass is 10.1. The van der Waals surface area contributed by atoms with Gasteiger partial charge in [-0.1, -0.05) is 0 Å². The Labute approximate surface area is 85.5 Å². The minimum atomic E-state index is -4.53. The standard InChI is InChI=1S/C6H12O8S/c7-1-3(8)5(10)6(11)4(9)2-15(12,13)14/h4-7,9-11H,1-2H2,(H,12,13,14)/t4-,5-,6-/m1/s1. The van der Waals surface area contributed by atoms with Gasteiger partial charge in [-0.05, 0) is 0 Å². The number of carbonyl (C=O) groups excluding carboxylic acids is 1. The Kier molecular flexibility index (Phi) is 5.28. The fourth-order valence-corrected chi connectivity index (χ4v) is 1.44. The van der Waals surface area contributed by atoms with Crippen molar-refractivity contribution < 1.29 is 38.2 Å². The van der Waals surface area contributed by atoms with E-state index in [1.807, 2.05) is 0 Å². The molecule has 0 aliphatic heterocycles. The first-order valence-electron chi connectivity index (χ1n) is 3.82. The van der Waals surface area contributed by atoms with Crippen molar-refractivity contribution >= 4 is 15.9 Å². The number of rotatable bonds is 6. The lowest BCUT2D eigenvalue weighted by molar-refractivity contribution is -0.140. The molecule has 0 aromatic rings. The third kappa shape index (κ3) is 5.16. The van der Waals surface area contributed by atoms with Gasteiger partial charge >= 0.3 is 0 Å². The van der Waals surface area contributed by atoms with Crippen molar-refractivity contribution in [3.05, 3.63) is 0 Å². The van der Waals surface area contributed by atoms with E-state index in [1.54, 1.807) is 0 Å². The van der Waals surface area contributed by atoms with Crippen molar-refractivity contribution in [2.24, 2.45) is 0 Å². The van der Waals surface area contributed by atoms with E-state index in [4.69, 9.17) is 25.0 Å². The zero-order chi connectivity index (χ0) is 12.2. The van der Waals surface area contributed by atoms with Crippen molar-refractivity contribution in [3.63, 3.8) is 0 Å². The molecule has 0 aromatic heterocycles. The molecule has 0 heterocycles. The molecule has 0 spiro atoms. The highest BCUT2D eigenvalue weighted by atomic mass is 32.2. The van der Waals surface area contributed by atoms with Crippen LogP contribution in [0.15, 0.2) is 0 Å². The molecule has 15 heavy (non-hydrogen) atoms. The summed E-state index contributed by atoms with van der Waals surface area (Å²) in [5.74, 6) is -2.39. The van der Waals surface area contributed by atoms with E-state index in [0.29, 0.717) is 0 Å². The number of hydrogen-bond donors (Lipinski definition) is 5. The second-order valence-electron chi connectivity index (χ2n) is 2.88. The summed E-state index contributed by atoms with van der Waals surface area (Å²) in [4.78, 5) is 10.6. The minimum absolute atomic E-state index is 1.06. The van der Waals surface area contributed by atoms with Gasteiger partial charge in [0.15, 0.2) is 5.78 Å². The van der Waals surface area contributed by atoms with Gasteiger partial charge in [0, 0.05) is 0 Å². The van der Waals surface area contributed by atoms with Gasteiger partial charge in [0.05, 0.1) is 6.10 Å². The zero-order valence-electron chi connectivity index (χ0n) is 7.52. The number of aliphatic hydroxyl groups excluding tert-OH is 4. The molecular weight excluding hydrogens is 232 g/mol. The van der Waals surface area contributed by atoms with Crippen LogP contribution in [0.4, 0.5) is 0 Å². The first kappa shape index (κ1) is 14.4. The molecule has 0 amide bonds. The molecule has 8 nitrogen and oxygen atoms in total. The van der Waals surface area contributed by atoms with Crippen LogP contribution in [0.25, 0.3) is 0 Å². The van der Waals surface area contributed by atoms with Crippen LogP contribution in [-0.4, -0.2) is 69.9 Å². The van der Waals surface area contributed by atoms with Gasteiger partial charge in [-0.3, -0.25) is 9.35 Å². The lowest BCUT2D eigenvalue weighted by Crippen LogP contribution is -2.45. The van der Waals surface area contributed by atoms with E-state index in [9.17, 15) is 13.2 Å². The maximum absolute atomic E-state index is 10.6. The SMILES string of the molecule is O=C(CO)[C@@H](O)[C@H](O)[C@H](O)CS(=O)(=O)O. The van der Waals surface area contributed by atoms with Crippen LogP contribution in [0.3, 0.4) is 0 Å². The smallest absolute Gasteiger partial charge is 0.267 e. The fraction of sp³-hybridized carbons (Fsp3) is 0.833. The summed E-state index contributed by atoms with van der Waals surface area (Å²) in [6.45, 7) is -1.06. The number of carbonyl (C=O) groups is 1. The van der Waals surface area contributed by atoms with Gasteiger partial charge < -0.3 is 20.4 Å². The molecule has 0 fully saturated rings. The normalized spacial score (nSPS) is 18.2. The summed E-state index contributed by atoms with van der Waals surface area (Å²) in [5.41, 5.74) is 0. The highest BCUT2D eigenvalue weighted by Gasteiger charge is 2.32. The maximum atomic E-state index is 10.6. The van der Waals surface area contributed by atoms with Gasteiger partial charge in [0.2, 0.25) is 0 Å². The average Bonchev–Trinajstić information content (AvgIpc) is 2.11. The third-order valence-corrected chi connectivity index (χ3v) is 2.35.